The van der Waals surface area contributed by atoms with E-state index in [-0.39, 0.29) is 0 Å². The van der Waals surface area contributed by atoms with E-state index in [1.54, 1.807) is 0 Å². The average molecular weight is 322 g/mol. The molecule has 1 atom stereocenters. The summed E-state index contributed by atoms with van der Waals surface area (Å²) in [6.07, 6.45) is 5.17. The van der Waals surface area contributed by atoms with Gasteiger partial charge < -0.3 is 20.1 Å². The Kier molecular flexibility index (Phi) is 7.32. The van der Waals surface area contributed by atoms with E-state index in [1.807, 2.05) is 6.92 Å². The lowest BCUT2D eigenvalue weighted by Gasteiger charge is -2.33. The van der Waals surface area contributed by atoms with Gasteiger partial charge in [-0.3, -0.25) is 0 Å². The van der Waals surface area contributed by atoms with Gasteiger partial charge in [-0.15, -0.1) is 0 Å². The molecule has 1 aliphatic heterocycles. The first-order valence-electron chi connectivity index (χ1n) is 8.74. The normalized spacial score (nSPS) is 19.8. The third-order valence-corrected chi connectivity index (χ3v) is 4.14. The van der Waals surface area contributed by atoms with E-state index in [4.69, 9.17) is 4.52 Å². The van der Waals surface area contributed by atoms with E-state index in [2.05, 4.69) is 44.5 Å². The number of likely N-dealkylation sites (tertiary alicyclic amines) is 1. The highest BCUT2D eigenvalue weighted by Gasteiger charge is 2.17. The number of piperidine rings is 1. The highest BCUT2D eigenvalue weighted by Crippen LogP contribution is 2.15. The van der Waals surface area contributed by atoms with Crippen LogP contribution in [0.1, 0.15) is 51.2 Å². The first-order chi connectivity index (χ1) is 11.2. The van der Waals surface area contributed by atoms with Crippen LogP contribution in [-0.4, -0.2) is 53.2 Å². The molecule has 7 heteroatoms. The Labute approximate surface area is 138 Å². The van der Waals surface area contributed by atoms with E-state index in [0.29, 0.717) is 18.3 Å². The molecule has 0 spiro atoms. The van der Waals surface area contributed by atoms with Crippen LogP contribution in [-0.2, 0) is 6.54 Å². The van der Waals surface area contributed by atoms with Crippen LogP contribution in [0.4, 0.5) is 0 Å². The van der Waals surface area contributed by atoms with Crippen LogP contribution < -0.4 is 10.6 Å². The summed E-state index contributed by atoms with van der Waals surface area (Å²) in [5.74, 6) is 1.99. The molecule has 0 aliphatic carbocycles. The van der Waals surface area contributed by atoms with Crippen molar-refractivity contribution in [2.75, 3.05) is 26.2 Å². The van der Waals surface area contributed by atoms with Gasteiger partial charge in [0.25, 0.3) is 0 Å². The molecule has 1 aromatic heterocycles. The molecule has 0 saturated carbocycles. The molecule has 23 heavy (non-hydrogen) atoms. The summed E-state index contributed by atoms with van der Waals surface area (Å²) in [5.41, 5.74) is 0. The second-order valence-electron chi connectivity index (χ2n) is 6.09. The van der Waals surface area contributed by atoms with Crippen molar-refractivity contribution in [3.8, 4) is 0 Å². The van der Waals surface area contributed by atoms with E-state index < -0.39 is 0 Å². The molecular formula is C16H30N6O. The van der Waals surface area contributed by atoms with Crippen molar-refractivity contribution in [3.63, 3.8) is 0 Å². The van der Waals surface area contributed by atoms with Gasteiger partial charge in [-0.2, -0.15) is 4.98 Å². The predicted octanol–water partition coefficient (Wildman–Crippen LogP) is 1.70. The summed E-state index contributed by atoms with van der Waals surface area (Å²) >= 11 is 0. The largest absolute Gasteiger partial charge is 0.357 e. The number of nitrogens with one attached hydrogen (secondary N) is 2. The fourth-order valence-corrected chi connectivity index (χ4v) is 2.87. The van der Waals surface area contributed by atoms with E-state index >= 15 is 0 Å². The lowest BCUT2D eigenvalue weighted by molar-refractivity contribution is 0.159. The molecule has 7 nitrogen and oxygen atoms in total. The number of rotatable bonds is 7. The molecule has 0 aromatic carbocycles. The molecule has 1 unspecified atom stereocenters. The third-order valence-electron chi connectivity index (χ3n) is 4.14. The molecule has 1 saturated heterocycles. The van der Waals surface area contributed by atoms with E-state index in [0.717, 1.165) is 38.1 Å². The molecule has 0 radical (unpaired) electrons. The molecule has 0 amide bonds. The summed E-state index contributed by atoms with van der Waals surface area (Å²) < 4.78 is 5.08. The van der Waals surface area contributed by atoms with Crippen molar-refractivity contribution in [1.29, 1.82) is 0 Å². The van der Waals surface area contributed by atoms with Crippen LogP contribution >= 0.6 is 0 Å². The van der Waals surface area contributed by atoms with E-state index in [9.17, 15) is 0 Å². The minimum absolute atomic E-state index is 0.402. The van der Waals surface area contributed by atoms with Gasteiger partial charge in [0.15, 0.2) is 11.8 Å². The average Bonchev–Trinajstić information content (AvgIpc) is 2.96. The molecule has 1 fully saturated rings. The molecule has 2 rings (SSSR count). The summed E-state index contributed by atoms with van der Waals surface area (Å²) in [6, 6.07) is 0.728. The smallest absolute Gasteiger partial charge is 0.248 e. The molecule has 2 heterocycles. The number of aryl methyl sites for hydroxylation is 1. The topological polar surface area (TPSA) is 78.6 Å². The summed E-state index contributed by atoms with van der Waals surface area (Å²) in [6.45, 7) is 10.7. The molecule has 1 aliphatic rings. The van der Waals surface area contributed by atoms with Gasteiger partial charge >= 0.3 is 0 Å². The van der Waals surface area contributed by atoms with Gasteiger partial charge in [0, 0.05) is 25.7 Å². The number of guanidine groups is 1. The monoisotopic (exact) mass is 322 g/mol. The standard InChI is InChI=1S/C16H30N6O/c1-4-17-16(19-12-15-20-14(3)21-23-15)18-9-7-11-22-10-6-5-8-13(22)2/h13H,4-12H2,1-3H3,(H2,17,18,19). The predicted molar refractivity (Wildman–Crippen MR) is 91.4 cm³/mol. The van der Waals surface area contributed by atoms with Crippen LogP contribution in [0.2, 0.25) is 0 Å². The van der Waals surface area contributed by atoms with E-state index in [1.165, 1.54) is 25.8 Å². The van der Waals surface area contributed by atoms with Crippen LogP contribution in [0.3, 0.4) is 0 Å². The van der Waals surface area contributed by atoms with Gasteiger partial charge in [-0.25, -0.2) is 4.99 Å². The maximum absolute atomic E-state index is 5.08. The summed E-state index contributed by atoms with van der Waals surface area (Å²) in [5, 5.41) is 10.4. The molecule has 2 N–H and O–H groups in total. The lowest BCUT2D eigenvalue weighted by Crippen LogP contribution is -2.41. The highest BCUT2D eigenvalue weighted by atomic mass is 16.5. The first-order valence-corrected chi connectivity index (χ1v) is 8.74. The van der Waals surface area contributed by atoms with Crippen molar-refractivity contribution < 1.29 is 4.52 Å². The molecule has 0 bridgehead atoms. The summed E-state index contributed by atoms with van der Waals surface area (Å²) in [4.78, 5) is 11.2. The van der Waals surface area contributed by atoms with Crippen molar-refractivity contribution in [3.05, 3.63) is 11.7 Å². The Bertz CT molecular complexity index is 487. The van der Waals surface area contributed by atoms with Crippen molar-refractivity contribution >= 4 is 5.96 Å². The lowest BCUT2D eigenvalue weighted by atomic mass is 10.0. The SMILES string of the molecule is CCNC(=NCc1nc(C)no1)NCCCN1CCCCC1C. The molecule has 1 aromatic rings. The fourth-order valence-electron chi connectivity index (χ4n) is 2.87. The summed E-state index contributed by atoms with van der Waals surface area (Å²) in [7, 11) is 0. The van der Waals surface area contributed by atoms with Crippen molar-refractivity contribution in [1.82, 2.24) is 25.7 Å². The Morgan fingerprint density at radius 1 is 1.39 bits per heavy atom. The second kappa shape index (κ2) is 9.50. The van der Waals surface area contributed by atoms with Gasteiger partial charge in [-0.05, 0) is 46.6 Å². The van der Waals surface area contributed by atoms with Crippen LogP contribution in [0.15, 0.2) is 9.52 Å². The van der Waals surface area contributed by atoms with Crippen molar-refractivity contribution in [2.24, 2.45) is 4.99 Å². The van der Waals surface area contributed by atoms with Gasteiger partial charge in [0.1, 0.15) is 6.54 Å². The maximum atomic E-state index is 5.08. The number of nitrogens with zero attached hydrogens (tertiary/aromatic N) is 4. The van der Waals surface area contributed by atoms with Crippen LogP contribution in [0.25, 0.3) is 0 Å². The quantitative estimate of drug-likeness (QED) is 0.452. The van der Waals surface area contributed by atoms with Crippen LogP contribution in [0.5, 0.6) is 0 Å². The molecule has 130 valence electrons. The zero-order valence-electron chi connectivity index (χ0n) is 14.6. The molecular weight excluding hydrogens is 292 g/mol. The number of hydrogen-bond acceptors (Lipinski definition) is 5. The Morgan fingerprint density at radius 2 is 2.26 bits per heavy atom. The first kappa shape index (κ1) is 17.7. The Morgan fingerprint density at radius 3 is 2.96 bits per heavy atom. The highest BCUT2D eigenvalue weighted by molar-refractivity contribution is 5.79. The zero-order chi connectivity index (χ0) is 16.5. The fraction of sp³-hybridized carbons (Fsp3) is 0.812. The van der Waals surface area contributed by atoms with Gasteiger partial charge in [0.2, 0.25) is 5.89 Å². The Hall–Kier alpha value is -1.63. The number of hydrogen-bond donors (Lipinski definition) is 2. The minimum atomic E-state index is 0.402. The van der Waals surface area contributed by atoms with Gasteiger partial charge in [-0.1, -0.05) is 11.6 Å². The minimum Gasteiger partial charge on any atom is -0.357 e. The van der Waals surface area contributed by atoms with Gasteiger partial charge in [0.05, 0.1) is 0 Å². The maximum Gasteiger partial charge on any atom is 0.248 e. The number of aromatic nitrogens is 2. The number of aliphatic imine (C=N–C) groups is 1. The second-order valence-corrected chi connectivity index (χ2v) is 6.09. The Balaban J connectivity index is 1.71. The van der Waals surface area contributed by atoms with Crippen molar-refractivity contribution in [2.45, 2.75) is 59.0 Å². The van der Waals surface area contributed by atoms with Crippen LogP contribution in [0, 0.1) is 6.92 Å². The zero-order valence-corrected chi connectivity index (χ0v) is 14.6. The third kappa shape index (κ3) is 6.17.